The average Bonchev–Trinajstić information content (AvgIpc) is 3.09. The molecule has 3 heteroatoms. The lowest BCUT2D eigenvalue weighted by molar-refractivity contribution is 0.548. The van der Waals surface area contributed by atoms with Gasteiger partial charge in [-0.25, -0.2) is 0 Å². The van der Waals surface area contributed by atoms with E-state index < -0.39 is 0 Å². The van der Waals surface area contributed by atoms with Crippen LogP contribution in [-0.4, -0.2) is 10.9 Å². The fourth-order valence-electron chi connectivity index (χ4n) is 2.35. The summed E-state index contributed by atoms with van der Waals surface area (Å²) in [6.07, 6.45) is 8.12. The second-order valence-electron chi connectivity index (χ2n) is 4.61. The van der Waals surface area contributed by atoms with E-state index in [1.807, 2.05) is 12.3 Å². The van der Waals surface area contributed by atoms with Crippen LogP contribution in [0.3, 0.4) is 0 Å². The van der Waals surface area contributed by atoms with Gasteiger partial charge in [-0.3, -0.25) is 15.4 Å². The molecule has 16 heavy (non-hydrogen) atoms. The lowest BCUT2D eigenvalue weighted by atomic mass is 9.91. The number of hydrogen-bond donors (Lipinski definition) is 2. The minimum Gasteiger partial charge on any atom is -0.293 e. The predicted octanol–water partition coefficient (Wildman–Crippen LogP) is 2.72. The van der Waals surface area contributed by atoms with Gasteiger partial charge in [0.25, 0.3) is 0 Å². The minimum absolute atomic E-state index is 0.411. The summed E-state index contributed by atoms with van der Waals surface area (Å²) in [5.41, 5.74) is 1.70. The first kappa shape index (κ1) is 11.1. The Kier molecular flexibility index (Phi) is 3.22. The summed E-state index contributed by atoms with van der Waals surface area (Å²) >= 11 is 0. The molecule has 0 amide bonds. The van der Waals surface area contributed by atoms with Crippen molar-refractivity contribution >= 4 is 6.34 Å². The van der Waals surface area contributed by atoms with Crippen LogP contribution < -0.4 is 5.49 Å². The molecule has 1 saturated carbocycles. The smallest absolute Gasteiger partial charge is 0.130 e. The molecular weight excluding hydrogens is 198 g/mol. The van der Waals surface area contributed by atoms with Gasteiger partial charge in [0.2, 0.25) is 0 Å². The standard InChI is InChI=1S/C13H19N3/c1-2-3-12(10-4-5-10)11-6-7-16(9-14)13(15)8-11/h6-10,12,14-15H,2-5H2,1H3. The van der Waals surface area contributed by atoms with Crippen LogP contribution in [0.5, 0.6) is 0 Å². The zero-order valence-electron chi connectivity index (χ0n) is 9.74. The Morgan fingerprint density at radius 2 is 2.31 bits per heavy atom. The van der Waals surface area contributed by atoms with Gasteiger partial charge < -0.3 is 0 Å². The first-order valence-electron chi connectivity index (χ1n) is 6.03. The van der Waals surface area contributed by atoms with Gasteiger partial charge >= 0.3 is 0 Å². The van der Waals surface area contributed by atoms with Crippen molar-refractivity contribution in [1.29, 1.82) is 10.8 Å². The summed E-state index contributed by atoms with van der Waals surface area (Å²) in [7, 11) is 0. The zero-order chi connectivity index (χ0) is 11.5. The molecule has 1 fully saturated rings. The lowest BCUT2D eigenvalue weighted by Gasteiger charge is -2.16. The van der Waals surface area contributed by atoms with Crippen LogP contribution in [-0.2, 0) is 0 Å². The van der Waals surface area contributed by atoms with E-state index in [1.165, 1.54) is 42.2 Å². The summed E-state index contributed by atoms with van der Waals surface area (Å²) < 4.78 is 1.53. The van der Waals surface area contributed by atoms with Crippen molar-refractivity contribution in [3.63, 3.8) is 0 Å². The molecule has 2 N–H and O–H groups in total. The van der Waals surface area contributed by atoms with Gasteiger partial charge in [-0.1, -0.05) is 13.3 Å². The number of nitrogens with one attached hydrogen (secondary N) is 2. The Morgan fingerprint density at radius 1 is 1.56 bits per heavy atom. The number of nitrogens with zero attached hydrogens (tertiary/aromatic N) is 1. The molecule has 1 aliphatic rings. The van der Waals surface area contributed by atoms with Crippen LogP contribution in [0.4, 0.5) is 0 Å². The highest BCUT2D eigenvalue weighted by atomic mass is 15.0. The third kappa shape index (κ3) is 2.23. The van der Waals surface area contributed by atoms with Crippen LogP contribution >= 0.6 is 0 Å². The Balaban J connectivity index is 2.27. The van der Waals surface area contributed by atoms with Gasteiger partial charge in [0.05, 0.1) is 6.34 Å². The summed E-state index contributed by atoms with van der Waals surface area (Å²) in [6, 6.07) is 3.99. The van der Waals surface area contributed by atoms with E-state index in [-0.39, 0.29) is 0 Å². The van der Waals surface area contributed by atoms with E-state index in [0.29, 0.717) is 11.4 Å². The molecule has 0 saturated heterocycles. The molecule has 2 rings (SSSR count). The topological polar surface area (TPSA) is 52.6 Å². The van der Waals surface area contributed by atoms with Gasteiger partial charge in [0, 0.05) is 6.20 Å². The van der Waals surface area contributed by atoms with Crippen LogP contribution in [0.25, 0.3) is 0 Å². The number of rotatable bonds is 5. The Bertz CT molecular complexity index is 429. The first-order chi connectivity index (χ1) is 7.76. The fourth-order valence-corrected chi connectivity index (χ4v) is 2.35. The summed E-state index contributed by atoms with van der Waals surface area (Å²) in [5, 5.41) is 15.0. The van der Waals surface area contributed by atoms with Crippen LogP contribution in [0.1, 0.15) is 44.1 Å². The molecule has 1 unspecified atom stereocenters. The van der Waals surface area contributed by atoms with E-state index in [4.69, 9.17) is 10.8 Å². The van der Waals surface area contributed by atoms with Gasteiger partial charge in [-0.05, 0) is 48.8 Å². The van der Waals surface area contributed by atoms with Crippen molar-refractivity contribution in [3.8, 4) is 0 Å². The monoisotopic (exact) mass is 217 g/mol. The van der Waals surface area contributed by atoms with Gasteiger partial charge in [-0.15, -0.1) is 0 Å². The summed E-state index contributed by atoms with van der Waals surface area (Å²) in [4.78, 5) is 0. The molecule has 1 aliphatic carbocycles. The van der Waals surface area contributed by atoms with Crippen molar-refractivity contribution in [2.24, 2.45) is 5.92 Å². The van der Waals surface area contributed by atoms with Crippen molar-refractivity contribution in [2.75, 3.05) is 0 Å². The predicted molar refractivity (Wildman–Crippen MR) is 64.8 cm³/mol. The maximum atomic E-state index is 7.81. The SMILES string of the molecule is CCCC(c1ccn(C=N)c(=N)c1)C1CC1. The van der Waals surface area contributed by atoms with E-state index in [2.05, 4.69) is 13.0 Å². The second kappa shape index (κ2) is 4.64. The van der Waals surface area contributed by atoms with E-state index in [0.717, 1.165) is 5.92 Å². The number of pyridine rings is 1. The molecular formula is C13H19N3. The third-order valence-electron chi connectivity index (χ3n) is 3.37. The van der Waals surface area contributed by atoms with Crippen molar-refractivity contribution in [3.05, 3.63) is 29.4 Å². The van der Waals surface area contributed by atoms with Crippen molar-refractivity contribution < 1.29 is 0 Å². The number of aromatic nitrogens is 1. The van der Waals surface area contributed by atoms with Crippen molar-refractivity contribution in [1.82, 2.24) is 4.57 Å². The molecule has 0 radical (unpaired) electrons. The van der Waals surface area contributed by atoms with Gasteiger partial charge in [-0.2, -0.15) is 0 Å². The molecule has 0 aromatic carbocycles. The van der Waals surface area contributed by atoms with E-state index in [9.17, 15) is 0 Å². The largest absolute Gasteiger partial charge is 0.293 e. The summed E-state index contributed by atoms with van der Waals surface area (Å²) in [6.45, 7) is 2.22. The highest BCUT2D eigenvalue weighted by Crippen LogP contribution is 2.44. The average molecular weight is 217 g/mol. The van der Waals surface area contributed by atoms with Crippen LogP contribution in [0.2, 0.25) is 0 Å². The second-order valence-corrected chi connectivity index (χ2v) is 4.61. The fraction of sp³-hybridized carbons (Fsp3) is 0.538. The summed E-state index contributed by atoms with van der Waals surface area (Å²) in [5.74, 6) is 1.48. The Morgan fingerprint density at radius 3 is 2.81 bits per heavy atom. The number of hydrogen-bond acceptors (Lipinski definition) is 2. The van der Waals surface area contributed by atoms with Crippen LogP contribution in [0.15, 0.2) is 18.3 Å². The van der Waals surface area contributed by atoms with Gasteiger partial charge in [0.1, 0.15) is 5.49 Å². The molecule has 0 bridgehead atoms. The molecule has 1 heterocycles. The molecule has 86 valence electrons. The van der Waals surface area contributed by atoms with Crippen molar-refractivity contribution in [2.45, 2.75) is 38.5 Å². The highest BCUT2D eigenvalue weighted by molar-refractivity contribution is 5.53. The van der Waals surface area contributed by atoms with E-state index in [1.54, 1.807) is 0 Å². The molecule has 1 aromatic rings. The van der Waals surface area contributed by atoms with Gasteiger partial charge in [0.15, 0.2) is 0 Å². The Labute approximate surface area is 96.1 Å². The molecule has 1 aromatic heterocycles. The molecule has 0 spiro atoms. The van der Waals surface area contributed by atoms with E-state index >= 15 is 0 Å². The maximum absolute atomic E-state index is 7.81. The normalized spacial score (nSPS) is 17.1. The minimum atomic E-state index is 0.411. The maximum Gasteiger partial charge on any atom is 0.130 e. The molecule has 0 aliphatic heterocycles. The first-order valence-corrected chi connectivity index (χ1v) is 6.03. The highest BCUT2D eigenvalue weighted by Gasteiger charge is 2.31. The molecule has 1 atom stereocenters. The molecule has 3 nitrogen and oxygen atoms in total. The lowest BCUT2D eigenvalue weighted by Crippen LogP contribution is -2.19. The van der Waals surface area contributed by atoms with Crippen LogP contribution in [0, 0.1) is 16.7 Å². The Hall–Kier alpha value is -1.38. The zero-order valence-corrected chi connectivity index (χ0v) is 9.74. The quantitative estimate of drug-likeness (QED) is 0.563. The third-order valence-corrected chi connectivity index (χ3v) is 3.37.